The lowest BCUT2D eigenvalue weighted by molar-refractivity contribution is -0.384. The Morgan fingerprint density at radius 3 is 2.36 bits per heavy atom. The molecule has 0 spiro atoms. The van der Waals surface area contributed by atoms with Crippen molar-refractivity contribution in [3.05, 3.63) is 68.7 Å². The van der Waals surface area contributed by atoms with Crippen molar-refractivity contribution in [2.75, 3.05) is 31.1 Å². The van der Waals surface area contributed by atoms with Crippen molar-refractivity contribution in [3.63, 3.8) is 0 Å². The Morgan fingerprint density at radius 2 is 1.82 bits per heavy atom. The molecule has 2 aromatic rings. The Kier molecular flexibility index (Phi) is 5.78. The van der Waals surface area contributed by atoms with Gasteiger partial charge in [0.2, 0.25) is 5.91 Å². The van der Waals surface area contributed by atoms with Crippen LogP contribution in [0.4, 0.5) is 11.4 Å². The van der Waals surface area contributed by atoms with Crippen LogP contribution in [0.25, 0.3) is 0 Å². The second-order valence-corrected chi connectivity index (χ2v) is 6.89. The zero-order valence-electron chi connectivity index (χ0n) is 14.9. The SMILES string of the molecule is N#Cc1ccc([N+](=O)[O-])c(N2CCN(C(C(N)=O)c3ccc(Cl)cc3)CC2)c1. The molecule has 0 radical (unpaired) electrons. The highest BCUT2D eigenvalue weighted by molar-refractivity contribution is 6.30. The van der Waals surface area contributed by atoms with E-state index in [0.717, 1.165) is 5.56 Å². The molecule has 1 aliphatic heterocycles. The van der Waals surface area contributed by atoms with Crippen LogP contribution in [0.3, 0.4) is 0 Å². The second-order valence-electron chi connectivity index (χ2n) is 6.45. The number of benzene rings is 2. The third-order valence-corrected chi connectivity index (χ3v) is 5.03. The molecule has 1 fully saturated rings. The maximum absolute atomic E-state index is 12.1. The van der Waals surface area contributed by atoms with E-state index in [1.807, 2.05) is 15.9 Å². The van der Waals surface area contributed by atoms with Crippen LogP contribution in [-0.2, 0) is 4.79 Å². The molecule has 8 nitrogen and oxygen atoms in total. The molecule has 0 aliphatic carbocycles. The third kappa shape index (κ3) is 4.06. The Bertz CT molecular complexity index is 934. The van der Waals surface area contributed by atoms with Crippen LogP contribution in [0.1, 0.15) is 17.2 Å². The lowest BCUT2D eigenvalue weighted by Gasteiger charge is -2.39. The van der Waals surface area contributed by atoms with Gasteiger partial charge in [0.15, 0.2) is 0 Å². The number of rotatable bonds is 5. The van der Waals surface area contributed by atoms with Gasteiger partial charge >= 0.3 is 0 Å². The maximum Gasteiger partial charge on any atom is 0.292 e. The minimum Gasteiger partial charge on any atom is -0.368 e. The molecule has 0 bridgehead atoms. The average Bonchev–Trinajstić information content (AvgIpc) is 2.69. The zero-order chi connectivity index (χ0) is 20.3. The van der Waals surface area contributed by atoms with Crippen molar-refractivity contribution in [3.8, 4) is 6.07 Å². The number of primary amides is 1. The molecule has 0 saturated carbocycles. The smallest absolute Gasteiger partial charge is 0.292 e. The van der Waals surface area contributed by atoms with Gasteiger partial charge in [-0.3, -0.25) is 19.8 Å². The number of amides is 1. The second kappa shape index (κ2) is 8.25. The van der Waals surface area contributed by atoms with Crippen molar-refractivity contribution in [2.45, 2.75) is 6.04 Å². The summed E-state index contributed by atoms with van der Waals surface area (Å²) >= 11 is 5.92. The van der Waals surface area contributed by atoms with E-state index >= 15 is 0 Å². The zero-order valence-corrected chi connectivity index (χ0v) is 15.7. The minimum absolute atomic E-state index is 0.0448. The van der Waals surface area contributed by atoms with Crippen LogP contribution in [0.5, 0.6) is 0 Å². The first-order chi connectivity index (χ1) is 13.4. The molecule has 1 amide bonds. The van der Waals surface area contributed by atoms with Gasteiger partial charge < -0.3 is 10.6 Å². The standard InChI is InChI=1S/C19H18ClN5O3/c20-15-4-2-14(3-5-15)18(19(22)26)24-9-7-23(8-10-24)17-11-13(12-21)1-6-16(17)25(27)28/h1-6,11,18H,7-10H2,(H2,22,26). The Balaban J connectivity index is 1.80. The van der Waals surface area contributed by atoms with Crippen molar-refractivity contribution >= 4 is 28.9 Å². The highest BCUT2D eigenvalue weighted by Crippen LogP contribution is 2.31. The Labute approximate surface area is 166 Å². The number of halogens is 1. The molecule has 1 heterocycles. The van der Waals surface area contributed by atoms with Gasteiger partial charge in [-0.2, -0.15) is 5.26 Å². The van der Waals surface area contributed by atoms with E-state index in [-0.39, 0.29) is 5.69 Å². The molecule has 28 heavy (non-hydrogen) atoms. The predicted molar refractivity (Wildman–Crippen MR) is 105 cm³/mol. The number of hydrogen-bond acceptors (Lipinski definition) is 6. The number of nitriles is 1. The Morgan fingerprint density at radius 1 is 1.18 bits per heavy atom. The van der Waals surface area contributed by atoms with Crippen molar-refractivity contribution in [1.82, 2.24) is 4.90 Å². The van der Waals surface area contributed by atoms with Crippen LogP contribution >= 0.6 is 11.6 Å². The van der Waals surface area contributed by atoms with Gasteiger partial charge in [0.25, 0.3) is 5.69 Å². The minimum atomic E-state index is -0.597. The molecular formula is C19H18ClN5O3. The molecule has 1 saturated heterocycles. The topological polar surface area (TPSA) is 116 Å². The average molecular weight is 400 g/mol. The highest BCUT2D eigenvalue weighted by Gasteiger charge is 2.31. The lowest BCUT2D eigenvalue weighted by Crippen LogP contribution is -2.50. The molecule has 3 rings (SSSR count). The van der Waals surface area contributed by atoms with Crippen LogP contribution in [0.15, 0.2) is 42.5 Å². The number of nitrogens with two attached hydrogens (primary N) is 1. The number of piperazine rings is 1. The van der Waals surface area contributed by atoms with Crippen molar-refractivity contribution < 1.29 is 9.72 Å². The monoisotopic (exact) mass is 399 g/mol. The van der Waals surface area contributed by atoms with E-state index in [4.69, 9.17) is 22.6 Å². The maximum atomic E-state index is 12.1. The molecule has 2 N–H and O–H groups in total. The summed E-state index contributed by atoms with van der Waals surface area (Å²) in [5.41, 5.74) is 7.11. The van der Waals surface area contributed by atoms with Gasteiger partial charge in [-0.1, -0.05) is 23.7 Å². The molecule has 0 aromatic heterocycles. The first-order valence-electron chi connectivity index (χ1n) is 8.63. The fourth-order valence-electron chi connectivity index (χ4n) is 3.42. The van der Waals surface area contributed by atoms with Gasteiger partial charge in [-0.25, -0.2) is 0 Å². The van der Waals surface area contributed by atoms with Crippen LogP contribution < -0.4 is 10.6 Å². The molecule has 9 heteroatoms. The van der Waals surface area contributed by atoms with E-state index in [1.165, 1.54) is 18.2 Å². The fraction of sp³-hybridized carbons (Fsp3) is 0.263. The molecule has 2 aromatic carbocycles. The number of nitro benzene ring substituents is 1. The largest absolute Gasteiger partial charge is 0.368 e. The van der Waals surface area contributed by atoms with E-state index in [1.54, 1.807) is 24.3 Å². The first kappa shape index (κ1) is 19.6. The molecule has 1 atom stereocenters. The highest BCUT2D eigenvalue weighted by atomic mass is 35.5. The molecule has 1 unspecified atom stereocenters. The number of carbonyl (C=O) groups excluding carboxylic acids is 1. The van der Waals surface area contributed by atoms with Gasteiger partial charge in [-0.05, 0) is 29.8 Å². The van der Waals surface area contributed by atoms with E-state index < -0.39 is 16.9 Å². The summed E-state index contributed by atoms with van der Waals surface area (Å²) in [7, 11) is 0. The van der Waals surface area contributed by atoms with Gasteiger partial charge in [0, 0.05) is 37.3 Å². The van der Waals surface area contributed by atoms with Crippen LogP contribution in [-0.4, -0.2) is 41.9 Å². The summed E-state index contributed by atoms with van der Waals surface area (Å²) in [6, 6.07) is 12.7. The first-order valence-corrected chi connectivity index (χ1v) is 9.01. The number of anilines is 1. The van der Waals surface area contributed by atoms with Gasteiger partial charge in [0.1, 0.15) is 11.7 Å². The number of nitro groups is 1. The fourth-order valence-corrected chi connectivity index (χ4v) is 3.55. The quantitative estimate of drug-likeness (QED) is 0.609. The lowest BCUT2D eigenvalue weighted by atomic mass is 10.0. The summed E-state index contributed by atoms with van der Waals surface area (Å²) in [6.45, 7) is 1.91. The normalized spacial score (nSPS) is 15.6. The van der Waals surface area contributed by atoms with Crippen LogP contribution in [0.2, 0.25) is 5.02 Å². The summed E-state index contributed by atoms with van der Waals surface area (Å²) in [6.07, 6.45) is 0. The summed E-state index contributed by atoms with van der Waals surface area (Å²) in [5.74, 6) is -0.465. The Hall–Kier alpha value is -3.15. The molecule has 144 valence electrons. The number of nitrogens with zero attached hydrogens (tertiary/aromatic N) is 4. The van der Waals surface area contributed by atoms with Gasteiger partial charge in [-0.15, -0.1) is 0 Å². The molecule has 1 aliphatic rings. The summed E-state index contributed by atoms with van der Waals surface area (Å²) < 4.78 is 0. The van der Waals surface area contributed by atoms with Gasteiger partial charge in [0.05, 0.1) is 16.6 Å². The number of carbonyl (C=O) groups is 1. The predicted octanol–water partition coefficient (Wildman–Crippen LogP) is 2.47. The van der Waals surface area contributed by atoms with Crippen molar-refractivity contribution in [1.29, 1.82) is 5.26 Å². The van der Waals surface area contributed by atoms with E-state index in [9.17, 15) is 14.9 Å². The summed E-state index contributed by atoms with van der Waals surface area (Å²) in [5, 5.41) is 21.0. The molecular weight excluding hydrogens is 382 g/mol. The number of hydrogen-bond donors (Lipinski definition) is 1. The third-order valence-electron chi connectivity index (χ3n) is 4.78. The van der Waals surface area contributed by atoms with E-state index in [0.29, 0.717) is 42.5 Å². The van der Waals surface area contributed by atoms with Crippen LogP contribution in [0, 0.1) is 21.4 Å². The summed E-state index contributed by atoms with van der Waals surface area (Å²) in [4.78, 5) is 26.8. The van der Waals surface area contributed by atoms with Crippen molar-refractivity contribution in [2.24, 2.45) is 5.73 Å². The van der Waals surface area contributed by atoms with E-state index in [2.05, 4.69) is 0 Å².